The van der Waals surface area contributed by atoms with Gasteiger partial charge in [0.1, 0.15) is 5.82 Å². The second-order valence-corrected chi connectivity index (χ2v) is 3.70. The highest BCUT2D eigenvalue weighted by molar-refractivity contribution is 5.01. The van der Waals surface area contributed by atoms with Crippen molar-refractivity contribution in [3.8, 4) is 0 Å². The Balaban J connectivity index is 2.52. The smallest absolute Gasteiger partial charge is 0.106 e. The van der Waals surface area contributed by atoms with E-state index in [1.807, 2.05) is 6.20 Å². The molecule has 0 aliphatic rings. The fourth-order valence-electron chi connectivity index (χ4n) is 1.31. The molecule has 2 heteroatoms. The summed E-state index contributed by atoms with van der Waals surface area (Å²) in [7, 11) is 0. The molecule has 0 atom stereocenters. The molecule has 1 heterocycles. The topological polar surface area (TPSA) is 28.7 Å². The molecule has 2 nitrogen and oxygen atoms in total. The molecule has 68 valence electrons. The van der Waals surface area contributed by atoms with E-state index >= 15 is 0 Å². The first-order valence-electron chi connectivity index (χ1n) is 4.75. The van der Waals surface area contributed by atoms with E-state index < -0.39 is 0 Å². The molecule has 0 amide bonds. The van der Waals surface area contributed by atoms with Crippen LogP contribution in [-0.4, -0.2) is 9.97 Å². The molecule has 12 heavy (non-hydrogen) atoms. The maximum absolute atomic E-state index is 4.30. The van der Waals surface area contributed by atoms with E-state index in [1.54, 1.807) is 0 Å². The van der Waals surface area contributed by atoms with E-state index in [0.29, 0.717) is 5.92 Å². The quantitative estimate of drug-likeness (QED) is 0.731. The number of hydrogen-bond acceptors (Lipinski definition) is 1. The highest BCUT2D eigenvalue weighted by Gasteiger charge is 2.01. The van der Waals surface area contributed by atoms with E-state index in [-0.39, 0.29) is 0 Å². The largest absolute Gasteiger partial charge is 0.346 e. The Labute approximate surface area is 74.4 Å². The van der Waals surface area contributed by atoms with Crippen LogP contribution in [0.25, 0.3) is 0 Å². The highest BCUT2D eigenvalue weighted by atomic mass is 14.9. The number of aromatic nitrogens is 2. The molecule has 0 aliphatic heterocycles. The van der Waals surface area contributed by atoms with Gasteiger partial charge >= 0.3 is 0 Å². The maximum atomic E-state index is 4.30. The van der Waals surface area contributed by atoms with Crippen molar-refractivity contribution in [2.75, 3.05) is 0 Å². The zero-order valence-corrected chi connectivity index (χ0v) is 8.22. The lowest BCUT2D eigenvalue weighted by atomic mass is 10.1. The van der Waals surface area contributed by atoms with Crippen molar-refractivity contribution in [3.05, 3.63) is 17.7 Å². The van der Waals surface area contributed by atoms with E-state index in [1.165, 1.54) is 5.69 Å². The summed E-state index contributed by atoms with van der Waals surface area (Å²) in [6, 6.07) is 0. The lowest BCUT2D eigenvalue weighted by Gasteiger charge is -1.99. The van der Waals surface area contributed by atoms with Gasteiger partial charge in [-0.1, -0.05) is 20.8 Å². The summed E-state index contributed by atoms with van der Waals surface area (Å²) < 4.78 is 0. The number of nitrogens with one attached hydrogen (secondary N) is 1. The summed E-state index contributed by atoms with van der Waals surface area (Å²) in [5, 5.41) is 0. The van der Waals surface area contributed by atoms with Crippen LogP contribution >= 0.6 is 0 Å². The van der Waals surface area contributed by atoms with Crippen LogP contribution in [-0.2, 0) is 12.8 Å². The molecule has 1 aromatic heterocycles. The second kappa shape index (κ2) is 4.29. The summed E-state index contributed by atoms with van der Waals surface area (Å²) in [6.07, 6.45) is 5.30. The van der Waals surface area contributed by atoms with Crippen molar-refractivity contribution in [1.82, 2.24) is 9.97 Å². The van der Waals surface area contributed by atoms with Crippen molar-refractivity contribution < 1.29 is 0 Å². The lowest BCUT2D eigenvalue weighted by molar-refractivity contribution is 0.636. The Kier molecular flexibility index (Phi) is 3.32. The summed E-state index contributed by atoms with van der Waals surface area (Å²) in [6.45, 7) is 6.62. The molecule has 0 spiro atoms. The van der Waals surface area contributed by atoms with Gasteiger partial charge in [-0.3, -0.25) is 0 Å². The summed E-state index contributed by atoms with van der Waals surface area (Å²) >= 11 is 0. The maximum Gasteiger partial charge on any atom is 0.106 e. The zero-order valence-electron chi connectivity index (χ0n) is 8.22. The van der Waals surface area contributed by atoms with E-state index in [4.69, 9.17) is 0 Å². The molecule has 0 bridgehead atoms. The number of aryl methyl sites for hydroxylation is 1. The average molecular weight is 166 g/mol. The Hall–Kier alpha value is -0.790. The predicted molar refractivity (Wildman–Crippen MR) is 51.1 cm³/mol. The van der Waals surface area contributed by atoms with E-state index in [2.05, 4.69) is 30.7 Å². The Morgan fingerprint density at radius 1 is 1.50 bits per heavy atom. The molecule has 0 saturated carbocycles. The van der Waals surface area contributed by atoms with Crippen molar-refractivity contribution in [1.29, 1.82) is 0 Å². The van der Waals surface area contributed by atoms with Gasteiger partial charge in [0, 0.05) is 18.3 Å². The van der Waals surface area contributed by atoms with Crippen molar-refractivity contribution in [3.63, 3.8) is 0 Å². The Bertz CT molecular complexity index is 225. The van der Waals surface area contributed by atoms with Crippen LogP contribution in [0, 0.1) is 5.92 Å². The second-order valence-electron chi connectivity index (χ2n) is 3.70. The molecule has 0 radical (unpaired) electrons. The van der Waals surface area contributed by atoms with Crippen LogP contribution in [0.5, 0.6) is 0 Å². The minimum absolute atomic E-state index is 0.708. The molecule has 0 fully saturated rings. The van der Waals surface area contributed by atoms with Gasteiger partial charge < -0.3 is 4.98 Å². The van der Waals surface area contributed by atoms with Gasteiger partial charge in [-0.05, 0) is 18.8 Å². The standard InChI is InChI=1S/C10H18N2/c1-4-5-10-11-7-9(12-10)6-8(2)3/h7-8H,4-6H2,1-3H3,(H,11,12). The monoisotopic (exact) mass is 166 g/mol. The summed E-state index contributed by atoms with van der Waals surface area (Å²) in [5.74, 6) is 1.84. The van der Waals surface area contributed by atoms with Gasteiger partial charge in [0.2, 0.25) is 0 Å². The lowest BCUT2D eigenvalue weighted by Crippen LogP contribution is -1.94. The Morgan fingerprint density at radius 2 is 2.25 bits per heavy atom. The van der Waals surface area contributed by atoms with Crippen LogP contribution in [0.2, 0.25) is 0 Å². The van der Waals surface area contributed by atoms with Crippen molar-refractivity contribution in [2.24, 2.45) is 5.92 Å². The van der Waals surface area contributed by atoms with Gasteiger partial charge in [0.15, 0.2) is 0 Å². The first kappa shape index (κ1) is 9.30. The first-order valence-corrected chi connectivity index (χ1v) is 4.75. The third-order valence-corrected chi connectivity index (χ3v) is 1.80. The third kappa shape index (κ3) is 2.68. The number of imidazole rings is 1. The number of nitrogens with zero attached hydrogens (tertiary/aromatic N) is 1. The SMILES string of the molecule is CCCc1ncc(CC(C)C)[nH]1. The van der Waals surface area contributed by atoms with Gasteiger partial charge in [-0.2, -0.15) is 0 Å². The van der Waals surface area contributed by atoms with Crippen LogP contribution in [0.1, 0.15) is 38.7 Å². The third-order valence-electron chi connectivity index (χ3n) is 1.80. The number of aromatic amines is 1. The van der Waals surface area contributed by atoms with Gasteiger partial charge in [-0.15, -0.1) is 0 Å². The predicted octanol–water partition coefficient (Wildman–Crippen LogP) is 2.56. The first-order chi connectivity index (χ1) is 5.72. The molecule has 0 unspecified atom stereocenters. The van der Waals surface area contributed by atoms with E-state index in [0.717, 1.165) is 25.1 Å². The molecule has 1 N–H and O–H groups in total. The zero-order chi connectivity index (χ0) is 8.97. The number of hydrogen-bond donors (Lipinski definition) is 1. The van der Waals surface area contributed by atoms with Crippen LogP contribution in [0.4, 0.5) is 0 Å². The van der Waals surface area contributed by atoms with Crippen LogP contribution in [0.15, 0.2) is 6.20 Å². The highest BCUT2D eigenvalue weighted by Crippen LogP contribution is 2.06. The fraction of sp³-hybridized carbons (Fsp3) is 0.700. The molecule has 1 rings (SSSR count). The minimum Gasteiger partial charge on any atom is -0.346 e. The van der Waals surface area contributed by atoms with Crippen molar-refractivity contribution in [2.45, 2.75) is 40.0 Å². The molecule has 0 saturated heterocycles. The molecule has 1 aromatic rings. The molecular weight excluding hydrogens is 148 g/mol. The fourth-order valence-corrected chi connectivity index (χ4v) is 1.31. The Morgan fingerprint density at radius 3 is 2.83 bits per heavy atom. The number of H-pyrrole nitrogens is 1. The summed E-state index contributed by atoms with van der Waals surface area (Å²) in [4.78, 5) is 7.64. The molecule has 0 aliphatic carbocycles. The van der Waals surface area contributed by atoms with Gasteiger partial charge in [0.25, 0.3) is 0 Å². The molecule has 0 aromatic carbocycles. The van der Waals surface area contributed by atoms with Gasteiger partial charge in [0.05, 0.1) is 0 Å². The summed E-state index contributed by atoms with van der Waals surface area (Å²) in [5.41, 5.74) is 1.27. The average Bonchev–Trinajstić information content (AvgIpc) is 2.36. The minimum atomic E-state index is 0.708. The van der Waals surface area contributed by atoms with Crippen LogP contribution in [0.3, 0.4) is 0 Å². The number of rotatable bonds is 4. The molecular formula is C10H18N2. The van der Waals surface area contributed by atoms with Crippen LogP contribution < -0.4 is 0 Å². The van der Waals surface area contributed by atoms with Gasteiger partial charge in [-0.25, -0.2) is 4.98 Å². The normalized spacial score (nSPS) is 11.0. The van der Waals surface area contributed by atoms with E-state index in [9.17, 15) is 0 Å². The van der Waals surface area contributed by atoms with Crippen molar-refractivity contribution >= 4 is 0 Å².